The van der Waals surface area contributed by atoms with E-state index < -0.39 is 23.8 Å². The summed E-state index contributed by atoms with van der Waals surface area (Å²) in [7, 11) is 0. The summed E-state index contributed by atoms with van der Waals surface area (Å²) in [6, 6.07) is 22.5. The van der Waals surface area contributed by atoms with E-state index in [1.54, 1.807) is 24.3 Å². The Bertz CT molecular complexity index is 1130. The topological polar surface area (TPSA) is 87.5 Å². The quantitative estimate of drug-likeness (QED) is 0.375. The average Bonchev–Trinajstić information content (AvgIpc) is 3.03. The first-order chi connectivity index (χ1) is 14.6. The molecule has 6 heteroatoms. The van der Waals surface area contributed by atoms with Crippen molar-refractivity contribution in [1.82, 2.24) is 4.90 Å². The van der Waals surface area contributed by atoms with E-state index in [-0.39, 0.29) is 23.3 Å². The lowest BCUT2D eigenvalue weighted by Gasteiger charge is -2.24. The van der Waals surface area contributed by atoms with Gasteiger partial charge in [0.05, 0.1) is 22.8 Å². The first kappa shape index (κ1) is 19.1. The van der Waals surface area contributed by atoms with Crippen LogP contribution in [0.4, 0.5) is 0 Å². The van der Waals surface area contributed by atoms with Crippen molar-refractivity contribution >= 4 is 17.8 Å². The van der Waals surface area contributed by atoms with Gasteiger partial charge in [0, 0.05) is 6.42 Å². The van der Waals surface area contributed by atoms with Gasteiger partial charge in [-0.2, -0.15) is 5.26 Å². The van der Waals surface area contributed by atoms with Crippen LogP contribution in [0, 0.1) is 11.3 Å². The smallest absolute Gasteiger partial charge is 0.335 e. The maximum Gasteiger partial charge on any atom is 0.335 e. The molecule has 146 valence electrons. The second kappa shape index (κ2) is 8.02. The summed E-state index contributed by atoms with van der Waals surface area (Å²) in [4.78, 5) is 39.9. The molecule has 6 nitrogen and oxygen atoms in total. The Morgan fingerprint density at radius 2 is 1.43 bits per heavy atom. The number of carbonyl (C=O) groups is 3. The van der Waals surface area contributed by atoms with Crippen molar-refractivity contribution in [2.24, 2.45) is 0 Å². The van der Waals surface area contributed by atoms with E-state index in [1.165, 1.54) is 24.3 Å². The molecule has 1 heterocycles. The van der Waals surface area contributed by atoms with E-state index in [1.807, 2.05) is 36.4 Å². The Labute approximate surface area is 172 Å². The molecule has 1 aliphatic rings. The number of esters is 1. The lowest BCUT2D eigenvalue weighted by atomic mass is 10.0. The summed E-state index contributed by atoms with van der Waals surface area (Å²) in [5, 5.41) is 8.91. The van der Waals surface area contributed by atoms with Gasteiger partial charge >= 0.3 is 5.97 Å². The maximum atomic E-state index is 13.1. The van der Waals surface area contributed by atoms with Crippen LogP contribution in [-0.4, -0.2) is 28.7 Å². The minimum atomic E-state index is -1.13. The van der Waals surface area contributed by atoms with Crippen molar-refractivity contribution in [3.05, 3.63) is 101 Å². The highest BCUT2D eigenvalue weighted by molar-refractivity contribution is 6.22. The van der Waals surface area contributed by atoms with E-state index in [9.17, 15) is 14.4 Å². The van der Waals surface area contributed by atoms with Gasteiger partial charge in [0.25, 0.3) is 11.8 Å². The zero-order valence-corrected chi connectivity index (χ0v) is 15.8. The summed E-state index contributed by atoms with van der Waals surface area (Å²) in [5.41, 5.74) is 1.75. The standard InChI is InChI=1S/C24H16N2O4/c25-15-17-10-12-18(13-11-17)30-24(29)21(14-16-6-2-1-3-7-16)26-22(27)19-8-4-5-9-20(19)23(26)28/h1-13,21H,14H2/t21-/m0/s1. The Kier molecular flexibility index (Phi) is 5.10. The summed E-state index contributed by atoms with van der Waals surface area (Å²) in [5.74, 6) is -1.53. The summed E-state index contributed by atoms with van der Waals surface area (Å²) < 4.78 is 5.46. The lowest BCUT2D eigenvalue weighted by molar-refractivity contribution is -0.138. The highest BCUT2D eigenvalue weighted by Crippen LogP contribution is 2.27. The highest BCUT2D eigenvalue weighted by atomic mass is 16.5. The molecule has 0 fully saturated rings. The normalized spacial score (nSPS) is 13.5. The number of nitrogens with zero attached hydrogens (tertiary/aromatic N) is 2. The van der Waals surface area contributed by atoms with Crippen LogP contribution in [-0.2, 0) is 11.2 Å². The largest absolute Gasteiger partial charge is 0.425 e. The number of benzene rings is 3. The van der Waals surface area contributed by atoms with Crippen molar-refractivity contribution in [1.29, 1.82) is 5.26 Å². The third kappa shape index (κ3) is 3.56. The van der Waals surface area contributed by atoms with Gasteiger partial charge in [0.2, 0.25) is 0 Å². The molecule has 0 saturated heterocycles. The fourth-order valence-corrected chi connectivity index (χ4v) is 3.39. The monoisotopic (exact) mass is 396 g/mol. The number of nitriles is 1. The molecule has 0 saturated carbocycles. The fourth-order valence-electron chi connectivity index (χ4n) is 3.39. The molecule has 0 N–H and O–H groups in total. The van der Waals surface area contributed by atoms with Crippen LogP contribution in [0.5, 0.6) is 5.75 Å². The van der Waals surface area contributed by atoms with Gasteiger partial charge in [-0.3, -0.25) is 14.5 Å². The van der Waals surface area contributed by atoms with Crippen LogP contribution >= 0.6 is 0 Å². The van der Waals surface area contributed by atoms with E-state index in [0.29, 0.717) is 5.56 Å². The van der Waals surface area contributed by atoms with Crippen molar-refractivity contribution in [3.63, 3.8) is 0 Å². The lowest BCUT2D eigenvalue weighted by Crippen LogP contribution is -2.48. The van der Waals surface area contributed by atoms with Crippen LogP contribution in [0.1, 0.15) is 31.8 Å². The first-order valence-electron chi connectivity index (χ1n) is 9.31. The fraction of sp³-hybridized carbons (Fsp3) is 0.0833. The minimum Gasteiger partial charge on any atom is -0.425 e. The molecule has 3 aromatic rings. The molecule has 30 heavy (non-hydrogen) atoms. The number of hydrogen-bond acceptors (Lipinski definition) is 5. The molecule has 1 aliphatic heterocycles. The van der Waals surface area contributed by atoms with Gasteiger partial charge < -0.3 is 4.74 Å². The van der Waals surface area contributed by atoms with Gasteiger partial charge in [-0.1, -0.05) is 42.5 Å². The first-order valence-corrected chi connectivity index (χ1v) is 9.31. The van der Waals surface area contributed by atoms with Gasteiger partial charge in [-0.05, 0) is 42.0 Å². The van der Waals surface area contributed by atoms with Crippen molar-refractivity contribution in [2.45, 2.75) is 12.5 Å². The van der Waals surface area contributed by atoms with E-state index in [4.69, 9.17) is 10.00 Å². The molecule has 3 aromatic carbocycles. The molecule has 4 rings (SSSR count). The van der Waals surface area contributed by atoms with Gasteiger partial charge in [0.15, 0.2) is 0 Å². The number of rotatable bonds is 5. The number of imide groups is 1. The van der Waals surface area contributed by atoms with E-state index in [2.05, 4.69) is 0 Å². The third-order valence-electron chi connectivity index (χ3n) is 4.88. The molecule has 0 radical (unpaired) electrons. The maximum absolute atomic E-state index is 13.1. The number of fused-ring (bicyclic) bond motifs is 1. The molecule has 0 unspecified atom stereocenters. The van der Waals surface area contributed by atoms with Crippen molar-refractivity contribution in [2.75, 3.05) is 0 Å². The molecule has 2 amide bonds. The summed E-state index contributed by atoms with van der Waals surface area (Å²) in [6.07, 6.45) is 0.126. The zero-order chi connectivity index (χ0) is 21.1. The Hall–Kier alpha value is -4.24. The van der Waals surface area contributed by atoms with Crippen LogP contribution in [0.2, 0.25) is 0 Å². The van der Waals surface area contributed by atoms with Crippen LogP contribution in [0.3, 0.4) is 0 Å². The Morgan fingerprint density at radius 3 is 2.00 bits per heavy atom. The predicted octanol–water partition coefficient (Wildman–Crippen LogP) is 3.37. The number of hydrogen-bond donors (Lipinski definition) is 0. The molecule has 0 bridgehead atoms. The molecule has 0 aromatic heterocycles. The second-order valence-electron chi connectivity index (χ2n) is 6.79. The summed E-state index contributed by atoms with van der Waals surface area (Å²) >= 11 is 0. The molecule has 1 atom stereocenters. The molecular weight excluding hydrogens is 380 g/mol. The third-order valence-corrected chi connectivity index (χ3v) is 4.88. The van der Waals surface area contributed by atoms with Gasteiger partial charge in [-0.15, -0.1) is 0 Å². The average molecular weight is 396 g/mol. The van der Waals surface area contributed by atoms with E-state index in [0.717, 1.165) is 10.5 Å². The molecular formula is C24H16N2O4. The van der Waals surface area contributed by atoms with Crippen LogP contribution in [0.15, 0.2) is 78.9 Å². The van der Waals surface area contributed by atoms with Crippen molar-refractivity contribution in [3.8, 4) is 11.8 Å². The highest BCUT2D eigenvalue weighted by Gasteiger charge is 2.43. The van der Waals surface area contributed by atoms with Crippen molar-refractivity contribution < 1.29 is 19.1 Å². The predicted molar refractivity (Wildman–Crippen MR) is 108 cm³/mol. The van der Waals surface area contributed by atoms with Gasteiger partial charge in [0.1, 0.15) is 11.8 Å². The Balaban J connectivity index is 1.66. The Morgan fingerprint density at radius 1 is 0.867 bits per heavy atom. The number of carbonyl (C=O) groups excluding carboxylic acids is 3. The second-order valence-corrected chi connectivity index (χ2v) is 6.79. The van der Waals surface area contributed by atoms with Crippen LogP contribution < -0.4 is 4.74 Å². The van der Waals surface area contributed by atoms with E-state index >= 15 is 0 Å². The zero-order valence-electron chi connectivity index (χ0n) is 15.8. The van der Waals surface area contributed by atoms with Gasteiger partial charge in [-0.25, -0.2) is 4.79 Å². The minimum absolute atomic E-state index is 0.126. The summed E-state index contributed by atoms with van der Waals surface area (Å²) in [6.45, 7) is 0. The molecule has 0 aliphatic carbocycles. The number of amides is 2. The molecule has 0 spiro atoms. The number of ether oxygens (including phenoxy) is 1. The van der Waals surface area contributed by atoms with Crippen LogP contribution in [0.25, 0.3) is 0 Å². The SMILES string of the molecule is N#Cc1ccc(OC(=O)[C@H](Cc2ccccc2)N2C(=O)c3ccccc3C2=O)cc1.